The molecule has 0 radical (unpaired) electrons. The highest BCUT2D eigenvalue weighted by Crippen LogP contribution is 2.10. The number of anilines is 1. The monoisotopic (exact) mass is 246 g/mol. The molecular formula is C12H14N4O2. The van der Waals surface area contributed by atoms with Crippen LogP contribution in [0.5, 0.6) is 0 Å². The van der Waals surface area contributed by atoms with E-state index in [2.05, 4.69) is 15.3 Å². The summed E-state index contributed by atoms with van der Waals surface area (Å²) in [4.78, 5) is 18.5. The molecule has 0 aliphatic rings. The maximum atomic E-state index is 10.8. The molecule has 2 aromatic heterocycles. The molecule has 0 spiro atoms. The van der Waals surface area contributed by atoms with Gasteiger partial charge in [-0.3, -0.25) is 0 Å². The van der Waals surface area contributed by atoms with E-state index in [1.165, 1.54) is 12.3 Å². The predicted molar refractivity (Wildman–Crippen MR) is 66.5 cm³/mol. The average Bonchev–Trinajstić information content (AvgIpc) is 2.82. The molecule has 2 heterocycles. The van der Waals surface area contributed by atoms with Crippen LogP contribution in [0.25, 0.3) is 0 Å². The number of hydrogen-bond donors (Lipinski definition) is 2. The van der Waals surface area contributed by atoms with Crippen LogP contribution in [0, 0.1) is 0 Å². The first-order valence-corrected chi connectivity index (χ1v) is 5.57. The third-order valence-electron chi connectivity index (χ3n) is 2.44. The van der Waals surface area contributed by atoms with E-state index < -0.39 is 5.97 Å². The van der Waals surface area contributed by atoms with Gasteiger partial charge in [0.1, 0.15) is 5.69 Å². The first-order chi connectivity index (χ1) is 8.65. The Morgan fingerprint density at radius 3 is 3.06 bits per heavy atom. The van der Waals surface area contributed by atoms with Crippen molar-refractivity contribution >= 4 is 11.7 Å². The zero-order valence-corrected chi connectivity index (χ0v) is 9.95. The van der Waals surface area contributed by atoms with Crippen molar-refractivity contribution < 1.29 is 9.90 Å². The molecule has 6 nitrogen and oxygen atoms in total. The van der Waals surface area contributed by atoms with Crippen molar-refractivity contribution in [3.05, 3.63) is 42.7 Å². The fraction of sp³-hybridized carbons (Fsp3) is 0.250. The van der Waals surface area contributed by atoms with Gasteiger partial charge >= 0.3 is 5.97 Å². The van der Waals surface area contributed by atoms with Gasteiger partial charge in [0.05, 0.1) is 6.33 Å². The van der Waals surface area contributed by atoms with Gasteiger partial charge in [0, 0.05) is 36.9 Å². The highest BCUT2D eigenvalue weighted by Gasteiger charge is 2.07. The van der Waals surface area contributed by atoms with Crippen molar-refractivity contribution in [2.24, 2.45) is 0 Å². The standard InChI is InChI=1S/C12H14N4O2/c1-9(7-16-5-4-13-8-16)15-10-2-3-14-11(6-10)12(17)18/h2-6,8-9H,7H2,1H3,(H,14,15)(H,17,18). The Labute approximate surface area is 104 Å². The van der Waals surface area contributed by atoms with E-state index in [0.29, 0.717) is 0 Å². The molecule has 18 heavy (non-hydrogen) atoms. The third kappa shape index (κ3) is 3.07. The number of aromatic nitrogens is 3. The molecule has 2 rings (SSSR count). The van der Waals surface area contributed by atoms with E-state index in [1.54, 1.807) is 18.6 Å². The molecule has 0 aromatic carbocycles. The third-order valence-corrected chi connectivity index (χ3v) is 2.44. The Kier molecular flexibility index (Phi) is 3.57. The summed E-state index contributed by atoms with van der Waals surface area (Å²) in [6.45, 7) is 2.77. The normalized spacial score (nSPS) is 12.1. The average molecular weight is 246 g/mol. The molecular weight excluding hydrogens is 232 g/mol. The molecule has 1 unspecified atom stereocenters. The summed E-state index contributed by atoms with van der Waals surface area (Å²) in [6.07, 6.45) is 6.83. The van der Waals surface area contributed by atoms with Gasteiger partial charge in [-0.15, -0.1) is 0 Å². The molecule has 94 valence electrons. The second-order valence-electron chi connectivity index (χ2n) is 4.04. The zero-order valence-electron chi connectivity index (χ0n) is 9.95. The van der Waals surface area contributed by atoms with Crippen molar-refractivity contribution in [2.45, 2.75) is 19.5 Å². The Morgan fingerprint density at radius 1 is 1.56 bits per heavy atom. The van der Waals surface area contributed by atoms with Gasteiger partial charge in [-0.2, -0.15) is 0 Å². The number of imidazole rings is 1. The minimum atomic E-state index is -1.03. The lowest BCUT2D eigenvalue weighted by Crippen LogP contribution is -2.21. The summed E-state index contributed by atoms with van der Waals surface area (Å²) in [5.74, 6) is -1.03. The minimum absolute atomic E-state index is 0.0369. The highest BCUT2D eigenvalue weighted by molar-refractivity contribution is 5.86. The number of aromatic carboxylic acids is 1. The summed E-state index contributed by atoms with van der Waals surface area (Å²) in [5, 5.41) is 12.1. The molecule has 6 heteroatoms. The lowest BCUT2D eigenvalue weighted by atomic mass is 10.2. The van der Waals surface area contributed by atoms with Crippen LogP contribution in [-0.4, -0.2) is 31.7 Å². The number of carbonyl (C=O) groups is 1. The number of nitrogens with one attached hydrogen (secondary N) is 1. The Balaban J connectivity index is 2.00. The zero-order chi connectivity index (χ0) is 13.0. The Hall–Kier alpha value is -2.37. The van der Waals surface area contributed by atoms with Crippen LogP contribution in [0.2, 0.25) is 0 Å². The molecule has 2 N–H and O–H groups in total. The van der Waals surface area contributed by atoms with Gasteiger partial charge in [0.25, 0.3) is 0 Å². The predicted octanol–water partition coefficient (Wildman–Crippen LogP) is 1.48. The maximum absolute atomic E-state index is 10.8. The second-order valence-corrected chi connectivity index (χ2v) is 4.04. The Bertz CT molecular complexity index is 525. The van der Waals surface area contributed by atoms with Crippen molar-refractivity contribution in [1.82, 2.24) is 14.5 Å². The van der Waals surface area contributed by atoms with Crippen LogP contribution >= 0.6 is 0 Å². The fourth-order valence-electron chi connectivity index (χ4n) is 1.68. The van der Waals surface area contributed by atoms with E-state index in [0.717, 1.165) is 12.2 Å². The van der Waals surface area contributed by atoms with Crippen LogP contribution in [0.1, 0.15) is 17.4 Å². The lowest BCUT2D eigenvalue weighted by Gasteiger charge is -2.15. The van der Waals surface area contributed by atoms with Gasteiger partial charge in [0.15, 0.2) is 0 Å². The Morgan fingerprint density at radius 2 is 2.39 bits per heavy atom. The van der Waals surface area contributed by atoms with Gasteiger partial charge in [-0.25, -0.2) is 14.8 Å². The molecule has 1 atom stereocenters. The summed E-state index contributed by atoms with van der Waals surface area (Å²) < 4.78 is 1.96. The summed E-state index contributed by atoms with van der Waals surface area (Å²) >= 11 is 0. The maximum Gasteiger partial charge on any atom is 0.354 e. The first kappa shape index (κ1) is 12.1. The number of carboxylic acids is 1. The van der Waals surface area contributed by atoms with Crippen LogP contribution in [-0.2, 0) is 6.54 Å². The van der Waals surface area contributed by atoms with Gasteiger partial charge in [0.2, 0.25) is 0 Å². The highest BCUT2D eigenvalue weighted by atomic mass is 16.4. The smallest absolute Gasteiger partial charge is 0.354 e. The molecule has 0 aliphatic carbocycles. The van der Waals surface area contributed by atoms with Crippen molar-refractivity contribution in [1.29, 1.82) is 0 Å². The van der Waals surface area contributed by atoms with E-state index in [1.807, 2.05) is 17.7 Å². The SMILES string of the molecule is CC(Cn1ccnc1)Nc1ccnc(C(=O)O)c1. The topological polar surface area (TPSA) is 80.0 Å². The molecule has 0 saturated carbocycles. The van der Waals surface area contributed by atoms with E-state index >= 15 is 0 Å². The number of hydrogen-bond acceptors (Lipinski definition) is 4. The second kappa shape index (κ2) is 5.31. The fourth-order valence-corrected chi connectivity index (χ4v) is 1.68. The van der Waals surface area contributed by atoms with Gasteiger partial charge in [-0.1, -0.05) is 0 Å². The number of pyridine rings is 1. The number of carboxylic acid groups (broad SMARTS) is 1. The molecule has 0 fully saturated rings. The van der Waals surface area contributed by atoms with Crippen LogP contribution in [0.4, 0.5) is 5.69 Å². The molecule has 2 aromatic rings. The number of nitrogens with zero attached hydrogens (tertiary/aromatic N) is 3. The molecule has 0 bridgehead atoms. The van der Waals surface area contributed by atoms with E-state index in [9.17, 15) is 4.79 Å². The van der Waals surface area contributed by atoms with Gasteiger partial charge < -0.3 is 15.0 Å². The van der Waals surface area contributed by atoms with Crippen molar-refractivity contribution in [3.63, 3.8) is 0 Å². The lowest BCUT2D eigenvalue weighted by molar-refractivity contribution is 0.0690. The van der Waals surface area contributed by atoms with Gasteiger partial charge in [-0.05, 0) is 19.1 Å². The van der Waals surface area contributed by atoms with E-state index in [4.69, 9.17) is 5.11 Å². The molecule has 0 aliphatic heterocycles. The molecule has 0 saturated heterocycles. The van der Waals surface area contributed by atoms with Crippen LogP contribution in [0.15, 0.2) is 37.1 Å². The van der Waals surface area contributed by atoms with E-state index in [-0.39, 0.29) is 11.7 Å². The number of rotatable bonds is 5. The molecule has 0 amide bonds. The summed E-state index contributed by atoms with van der Waals surface area (Å²) in [6, 6.07) is 3.42. The first-order valence-electron chi connectivity index (χ1n) is 5.57. The minimum Gasteiger partial charge on any atom is -0.477 e. The van der Waals surface area contributed by atoms with Crippen molar-refractivity contribution in [3.8, 4) is 0 Å². The van der Waals surface area contributed by atoms with Crippen LogP contribution in [0.3, 0.4) is 0 Å². The summed E-state index contributed by atoms with van der Waals surface area (Å²) in [7, 11) is 0. The van der Waals surface area contributed by atoms with Crippen molar-refractivity contribution in [2.75, 3.05) is 5.32 Å². The summed E-state index contributed by atoms with van der Waals surface area (Å²) in [5.41, 5.74) is 0.782. The largest absolute Gasteiger partial charge is 0.477 e. The van der Waals surface area contributed by atoms with Crippen LogP contribution < -0.4 is 5.32 Å². The quantitative estimate of drug-likeness (QED) is 0.835.